The van der Waals surface area contributed by atoms with Crippen LogP contribution >= 0.6 is 0 Å². The Balaban J connectivity index is 1.90. The van der Waals surface area contributed by atoms with Crippen molar-refractivity contribution in [1.82, 2.24) is 10.2 Å². The number of hydrogen-bond donors (Lipinski definition) is 1. The Kier molecular flexibility index (Phi) is 9.90. The van der Waals surface area contributed by atoms with Gasteiger partial charge in [-0.05, 0) is 29.5 Å². The standard InChI is InChI=1S/C30H36N2O2/c1-3-5-21-31-30(34)28(4-2)32(23-24-15-9-6-10-16-24)29(33)22-27(25-17-11-7-12-18-25)26-19-13-8-14-20-26/h6-20,27-28H,3-5,21-23H2,1-2H3,(H,31,34)/t28-/m1/s1. The molecular formula is C30H36N2O2. The number of rotatable bonds is 12. The van der Waals surface area contributed by atoms with Gasteiger partial charge in [0.1, 0.15) is 6.04 Å². The fourth-order valence-electron chi connectivity index (χ4n) is 4.30. The predicted molar refractivity (Wildman–Crippen MR) is 138 cm³/mol. The second-order valence-electron chi connectivity index (χ2n) is 8.65. The van der Waals surface area contributed by atoms with Crippen molar-refractivity contribution >= 4 is 11.8 Å². The van der Waals surface area contributed by atoms with Crippen molar-refractivity contribution in [1.29, 1.82) is 0 Å². The van der Waals surface area contributed by atoms with Gasteiger partial charge >= 0.3 is 0 Å². The minimum Gasteiger partial charge on any atom is -0.354 e. The molecule has 0 unspecified atom stereocenters. The lowest BCUT2D eigenvalue weighted by atomic mass is 9.88. The molecule has 3 rings (SSSR count). The average molecular weight is 457 g/mol. The highest BCUT2D eigenvalue weighted by atomic mass is 16.2. The molecule has 0 fully saturated rings. The monoisotopic (exact) mass is 456 g/mol. The summed E-state index contributed by atoms with van der Waals surface area (Å²) < 4.78 is 0. The van der Waals surface area contributed by atoms with Crippen LogP contribution in [0.3, 0.4) is 0 Å². The quantitative estimate of drug-likeness (QED) is 0.343. The van der Waals surface area contributed by atoms with Gasteiger partial charge in [-0.15, -0.1) is 0 Å². The second kappa shape index (κ2) is 13.3. The third-order valence-corrected chi connectivity index (χ3v) is 6.19. The third-order valence-electron chi connectivity index (χ3n) is 6.19. The van der Waals surface area contributed by atoms with Gasteiger partial charge in [0.2, 0.25) is 11.8 Å². The van der Waals surface area contributed by atoms with E-state index >= 15 is 0 Å². The lowest BCUT2D eigenvalue weighted by Gasteiger charge is -2.32. The van der Waals surface area contributed by atoms with Crippen molar-refractivity contribution in [2.75, 3.05) is 6.54 Å². The number of hydrogen-bond acceptors (Lipinski definition) is 2. The van der Waals surface area contributed by atoms with Gasteiger partial charge < -0.3 is 10.2 Å². The maximum absolute atomic E-state index is 13.9. The molecule has 0 aromatic heterocycles. The van der Waals surface area contributed by atoms with Crippen molar-refractivity contribution in [2.24, 2.45) is 0 Å². The van der Waals surface area contributed by atoms with Crippen LogP contribution in [-0.4, -0.2) is 29.3 Å². The van der Waals surface area contributed by atoms with Crippen LogP contribution in [0.5, 0.6) is 0 Å². The Labute approximate surface area is 204 Å². The van der Waals surface area contributed by atoms with Crippen LogP contribution in [0.15, 0.2) is 91.0 Å². The maximum Gasteiger partial charge on any atom is 0.242 e. The zero-order valence-electron chi connectivity index (χ0n) is 20.3. The Morgan fingerprint density at radius 1 is 0.794 bits per heavy atom. The van der Waals surface area contributed by atoms with E-state index in [1.165, 1.54) is 0 Å². The first-order chi connectivity index (χ1) is 16.6. The molecule has 178 valence electrons. The van der Waals surface area contributed by atoms with Gasteiger partial charge in [-0.2, -0.15) is 0 Å². The maximum atomic E-state index is 13.9. The number of carbonyl (C=O) groups excluding carboxylic acids is 2. The largest absolute Gasteiger partial charge is 0.354 e. The van der Waals surface area contributed by atoms with Crippen molar-refractivity contribution in [2.45, 2.75) is 58.0 Å². The van der Waals surface area contributed by atoms with Crippen LogP contribution in [0.1, 0.15) is 62.1 Å². The summed E-state index contributed by atoms with van der Waals surface area (Å²) in [7, 11) is 0. The van der Waals surface area contributed by atoms with Crippen LogP contribution < -0.4 is 5.32 Å². The molecule has 0 saturated heterocycles. The Hall–Kier alpha value is -3.40. The van der Waals surface area contributed by atoms with Crippen molar-refractivity contribution in [3.8, 4) is 0 Å². The fourth-order valence-corrected chi connectivity index (χ4v) is 4.30. The number of nitrogens with zero attached hydrogens (tertiary/aromatic N) is 1. The highest BCUT2D eigenvalue weighted by molar-refractivity contribution is 5.88. The molecule has 0 aliphatic rings. The van der Waals surface area contributed by atoms with E-state index in [0.717, 1.165) is 29.5 Å². The number of benzene rings is 3. The van der Waals surface area contributed by atoms with Gasteiger partial charge in [0.15, 0.2) is 0 Å². The molecule has 0 saturated carbocycles. The highest BCUT2D eigenvalue weighted by Crippen LogP contribution is 2.29. The van der Waals surface area contributed by atoms with Crippen LogP contribution in [0.25, 0.3) is 0 Å². The van der Waals surface area contributed by atoms with E-state index in [1.807, 2.05) is 73.7 Å². The van der Waals surface area contributed by atoms with Gasteiger partial charge in [0, 0.05) is 25.4 Å². The zero-order chi connectivity index (χ0) is 24.2. The van der Waals surface area contributed by atoms with E-state index in [9.17, 15) is 9.59 Å². The number of carbonyl (C=O) groups is 2. The molecule has 4 nitrogen and oxygen atoms in total. The predicted octanol–water partition coefficient (Wildman–Crippen LogP) is 5.93. The van der Waals surface area contributed by atoms with Gasteiger partial charge in [0.25, 0.3) is 0 Å². The summed E-state index contributed by atoms with van der Waals surface area (Å²) >= 11 is 0. The average Bonchev–Trinajstić information content (AvgIpc) is 2.89. The summed E-state index contributed by atoms with van der Waals surface area (Å²) in [4.78, 5) is 28.8. The molecule has 0 spiro atoms. The smallest absolute Gasteiger partial charge is 0.242 e. The first-order valence-corrected chi connectivity index (χ1v) is 12.3. The van der Waals surface area contributed by atoms with Crippen molar-refractivity contribution in [3.05, 3.63) is 108 Å². The summed E-state index contributed by atoms with van der Waals surface area (Å²) in [5, 5.41) is 3.04. The third kappa shape index (κ3) is 7.05. The highest BCUT2D eigenvalue weighted by Gasteiger charge is 2.30. The molecule has 2 amide bonds. The molecule has 4 heteroatoms. The van der Waals surface area contributed by atoms with E-state index in [2.05, 4.69) is 36.5 Å². The Bertz CT molecular complexity index is 966. The molecule has 0 aliphatic heterocycles. The molecule has 3 aromatic carbocycles. The van der Waals surface area contributed by atoms with E-state index in [-0.39, 0.29) is 17.7 Å². The SMILES string of the molecule is CCCCNC(=O)[C@@H](CC)N(Cc1ccccc1)C(=O)CC(c1ccccc1)c1ccccc1. The van der Waals surface area contributed by atoms with Crippen molar-refractivity contribution < 1.29 is 9.59 Å². The number of nitrogens with one attached hydrogen (secondary N) is 1. The molecule has 3 aromatic rings. The van der Waals surface area contributed by atoms with Crippen LogP contribution in [0.4, 0.5) is 0 Å². The molecular weight excluding hydrogens is 420 g/mol. The van der Waals surface area contributed by atoms with Gasteiger partial charge in [-0.1, -0.05) is 111 Å². The lowest BCUT2D eigenvalue weighted by Crippen LogP contribution is -2.49. The summed E-state index contributed by atoms with van der Waals surface area (Å²) in [6.07, 6.45) is 2.82. The molecule has 0 bridgehead atoms. The van der Waals surface area contributed by atoms with Gasteiger partial charge in [-0.25, -0.2) is 0 Å². The molecule has 0 aliphatic carbocycles. The van der Waals surface area contributed by atoms with Crippen LogP contribution in [-0.2, 0) is 16.1 Å². The second-order valence-corrected chi connectivity index (χ2v) is 8.65. The minimum atomic E-state index is -0.503. The zero-order valence-corrected chi connectivity index (χ0v) is 20.3. The summed E-state index contributed by atoms with van der Waals surface area (Å²) in [5.74, 6) is -0.163. The van der Waals surface area contributed by atoms with Crippen LogP contribution in [0, 0.1) is 0 Å². The normalized spacial score (nSPS) is 11.7. The summed E-state index contributed by atoms with van der Waals surface area (Å²) in [6.45, 7) is 5.12. The summed E-state index contributed by atoms with van der Waals surface area (Å²) in [6, 6.07) is 29.7. The lowest BCUT2D eigenvalue weighted by molar-refractivity contribution is -0.141. The van der Waals surface area contributed by atoms with Gasteiger partial charge in [-0.3, -0.25) is 9.59 Å². The fraction of sp³-hybridized carbons (Fsp3) is 0.333. The molecule has 34 heavy (non-hydrogen) atoms. The molecule has 0 radical (unpaired) electrons. The van der Waals surface area contributed by atoms with E-state index in [4.69, 9.17) is 0 Å². The van der Waals surface area contributed by atoms with E-state index in [0.29, 0.717) is 25.9 Å². The number of unbranched alkanes of at least 4 members (excludes halogenated alkanes) is 1. The Morgan fingerprint density at radius 2 is 1.32 bits per heavy atom. The number of amides is 2. The first kappa shape index (κ1) is 25.2. The van der Waals surface area contributed by atoms with Gasteiger partial charge in [0.05, 0.1) is 0 Å². The topological polar surface area (TPSA) is 49.4 Å². The minimum absolute atomic E-state index is 0.0148. The first-order valence-electron chi connectivity index (χ1n) is 12.3. The summed E-state index contributed by atoms with van der Waals surface area (Å²) in [5.41, 5.74) is 3.22. The molecule has 1 N–H and O–H groups in total. The van der Waals surface area contributed by atoms with E-state index in [1.54, 1.807) is 4.90 Å². The molecule has 1 atom stereocenters. The van der Waals surface area contributed by atoms with Crippen molar-refractivity contribution in [3.63, 3.8) is 0 Å². The van der Waals surface area contributed by atoms with Crippen LogP contribution in [0.2, 0.25) is 0 Å². The Morgan fingerprint density at radius 3 is 1.82 bits per heavy atom. The van der Waals surface area contributed by atoms with E-state index < -0.39 is 6.04 Å². The molecule has 0 heterocycles.